The van der Waals surface area contributed by atoms with E-state index < -0.39 is 18.0 Å². The summed E-state index contributed by atoms with van der Waals surface area (Å²) in [5, 5.41) is 0. The number of methoxy groups -OCH3 is 1. The van der Waals surface area contributed by atoms with Gasteiger partial charge in [0.05, 0.1) is 30.5 Å². The van der Waals surface area contributed by atoms with Crippen LogP contribution in [0.4, 0.5) is 8.78 Å². The van der Waals surface area contributed by atoms with E-state index in [0.717, 1.165) is 6.07 Å². The quantitative estimate of drug-likeness (QED) is 0.815. The Hall–Kier alpha value is -1.76. The molecule has 0 radical (unpaired) electrons. The number of alkyl halides is 2. The van der Waals surface area contributed by atoms with Crippen molar-refractivity contribution in [2.75, 3.05) is 13.7 Å². The number of aromatic nitrogens is 1. The number of hydrogen-bond acceptors (Lipinski definition) is 5. The summed E-state index contributed by atoms with van der Waals surface area (Å²) >= 11 is 0. The molecule has 0 amide bonds. The molecular formula is C11H14F2N2O3. The molecule has 0 aliphatic carbocycles. The van der Waals surface area contributed by atoms with Gasteiger partial charge in [0.15, 0.2) is 0 Å². The van der Waals surface area contributed by atoms with Gasteiger partial charge in [-0.3, -0.25) is 0 Å². The summed E-state index contributed by atoms with van der Waals surface area (Å²) in [6.45, 7) is 1.45. The number of pyridine rings is 1. The number of nitrogens with two attached hydrogens (primary N) is 1. The highest BCUT2D eigenvalue weighted by Crippen LogP contribution is 2.29. The molecule has 0 aliphatic heterocycles. The maximum atomic E-state index is 13.0. The smallest absolute Gasteiger partial charge is 0.338 e. The Balaban J connectivity index is 3.39. The molecule has 0 unspecified atom stereocenters. The minimum absolute atomic E-state index is 0.0444. The van der Waals surface area contributed by atoms with Crippen LogP contribution in [-0.2, 0) is 11.3 Å². The topological polar surface area (TPSA) is 74.4 Å². The first kappa shape index (κ1) is 14.3. The van der Waals surface area contributed by atoms with Gasteiger partial charge in [0.25, 0.3) is 6.43 Å². The molecule has 1 aromatic heterocycles. The van der Waals surface area contributed by atoms with Crippen molar-refractivity contribution in [3.63, 3.8) is 0 Å². The molecular weight excluding hydrogens is 246 g/mol. The van der Waals surface area contributed by atoms with Crippen molar-refractivity contribution in [2.24, 2.45) is 5.73 Å². The van der Waals surface area contributed by atoms with Crippen molar-refractivity contribution in [2.45, 2.75) is 19.9 Å². The van der Waals surface area contributed by atoms with Crippen molar-refractivity contribution < 1.29 is 23.0 Å². The molecule has 0 aliphatic rings. The van der Waals surface area contributed by atoms with Crippen LogP contribution in [0.15, 0.2) is 6.07 Å². The fourth-order valence-corrected chi connectivity index (χ4v) is 1.46. The van der Waals surface area contributed by atoms with Crippen LogP contribution in [0.5, 0.6) is 5.88 Å². The lowest BCUT2D eigenvalue weighted by Gasteiger charge is -2.13. The van der Waals surface area contributed by atoms with Gasteiger partial charge in [0.1, 0.15) is 0 Å². The number of carbonyl (C=O) groups is 1. The number of nitrogens with zero attached hydrogens (tertiary/aromatic N) is 1. The van der Waals surface area contributed by atoms with Gasteiger partial charge in [-0.15, -0.1) is 0 Å². The van der Waals surface area contributed by atoms with Crippen LogP contribution in [0.3, 0.4) is 0 Å². The monoisotopic (exact) mass is 260 g/mol. The zero-order chi connectivity index (χ0) is 13.7. The maximum Gasteiger partial charge on any atom is 0.338 e. The highest BCUT2D eigenvalue weighted by atomic mass is 19.3. The average Bonchev–Trinajstić information content (AvgIpc) is 2.36. The number of halogens is 2. The molecule has 0 saturated carbocycles. The van der Waals surface area contributed by atoms with Crippen LogP contribution < -0.4 is 10.5 Å². The molecule has 0 spiro atoms. The molecule has 0 saturated heterocycles. The predicted octanol–water partition coefficient (Wildman–Crippen LogP) is 1.66. The fourth-order valence-electron chi connectivity index (χ4n) is 1.46. The Morgan fingerprint density at radius 1 is 1.56 bits per heavy atom. The summed E-state index contributed by atoms with van der Waals surface area (Å²) in [4.78, 5) is 15.4. The second-order valence-electron chi connectivity index (χ2n) is 3.30. The van der Waals surface area contributed by atoms with Gasteiger partial charge >= 0.3 is 5.97 Å². The van der Waals surface area contributed by atoms with Gasteiger partial charge in [0, 0.05) is 12.6 Å². The summed E-state index contributed by atoms with van der Waals surface area (Å²) in [5.74, 6) is -0.800. The Bertz CT molecular complexity index is 439. The summed E-state index contributed by atoms with van der Waals surface area (Å²) in [7, 11) is 1.32. The van der Waals surface area contributed by atoms with E-state index in [1.54, 1.807) is 6.92 Å². The first-order valence-corrected chi connectivity index (χ1v) is 5.28. The third-order valence-electron chi connectivity index (χ3n) is 2.23. The summed E-state index contributed by atoms with van der Waals surface area (Å²) in [6, 6.07) is 1.12. The second kappa shape index (κ2) is 6.25. The third kappa shape index (κ3) is 2.92. The van der Waals surface area contributed by atoms with Crippen LogP contribution in [0.2, 0.25) is 0 Å². The van der Waals surface area contributed by atoms with Crippen LogP contribution >= 0.6 is 0 Å². The Morgan fingerprint density at radius 2 is 2.22 bits per heavy atom. The average molecular weight is 260 g/mol. The molecule has 1 rings (SSSR count). The van der Waals surface area contributed by atoms with Gasteiger partial charge in [-0.05, 0) is 6.92 Å². The van der Waals surface area contributed by atoms with E-state index in [0.29, 0.717) is 0 Å². The van der Waals surface area contributed by atoms with Crippen LogP contribution in [0.25, 0.3) is 0 Å². The lowest BCUT2D eigenvalue weighted by Crippen LogP contribution is -2.15. The lowest BCUT2D eigenvalue weighted by molar-refractivity contribution is 0.0514. The summed E-state index contributed by atoms with van der Waals surface area (Å²) in [6.07, 6.45) is -2.86. The molecule has 100 valence electrons. The van der Waals surface area contributed by atoms with Gasteiger partial charge in [-0.2, -0.15) is 0 Å². The first-order valence-electron chi connectivity index (χ1n) is 5.28. The molecule has 0 bridgehead atoms. The SMILES string of the molecule is CCOC(=O)c1cc(OC)nc(CN)c1C(F)F. The molecule has 18 heavy (non-hydrogen) atoms. The molecule has 2 N–H and O–H groups in total. The van der Waals surface area contributed by atoms with Gasteiger partial charge in [-0.25, -0.2) is 18.6 Å². The molecule has 0 aromatic carbocycles. The minimum atomic E-state index is -2.86. The van der Waals surface area contributed by atoms with Crippen molar-refractivity contribution in [1.29, 1.82) is 0 Å². The number of esters is 1. The molecule has 1 aromatic rings. The highest BCUT2D eigenvalue weighted by Gasteiger charge is 2.25. The zero-order valence-corrected chi connectivity index (χ0v) is 10.1. The Morgan fingerprint density at radius 3 is 2.67 bits per heavy atom. The van der Waals surface area contributed by atoms with Gasteiger partial charge in [0.2, 0.25) is 5.88 Å². The van der Waals surface area contributed by atoms with Crippen molar-refractivity contribution in [3.05, 3.63) is 22.9 Å². The van der Waals surface area contributed by atoms with Crippen LogP contribution in [-0.4, -0.2) is 24.7 Å². The second-order valence-corrected chi connectivity index (χ2v) is 3.30. The van der Waals surface area contributed by atoms with E-state index in [-0.39, 0.29) is 30.3 Å². The summed E-state index contributed by atoms with van der Waals surface area (Å²) in [5.41, 5.74) is 4.51. The van der Waals surface area contributed by atoms with Crippen molar-refractivity contribution in [3.8, 4) is 5.88 Å². The number of rotatable bonds is 5. The normalized spacial score (nSPS) is 10.6. The summed E-state index contributed by atoms with van der Waals surface area (Å²) < 4.78 is 35.5. The van der Waals surface area contributed by atoms with E-state index in [9.17, 15) is 13.6 Å². The largest absolute Gasteiger partial charge is 0.481 e. The van der Waals surface area contributed by atoms with E-state index in [4.69, 9.17) is 15.2 Å². The first-order chi connectivity index (χ1) is 8.54. The molecule has 7 heteroatoms. The lowest BCUT2D eigenvalue weighted by atomic mass is 10.1. The number of ether oxygens (including phenoxy) is 2. The third-order valence-corrected chi connectivity index (χ3v) is 2.23. The fraction of sp³-hybridized carbons (Fsp3) is 0.455. The maximum absolute atomic E-state index is 13.0. The predicted molar refractivity (Wildman–Crippen MR) is 59.6 cm³/mol. The van der Waals surface area contributed by atoms with Crippen molar-refractivity contribution >= 4 is 5.97 Å². The minimum Gasteiger partial charge on any atom is -0.481 e. The van der Waals surface area contributed by atoms with E-state index in [1.807, 2.05) is 0 Å². The van der Waals surface area contributed by atoms with E-state index in [1.165, 1.54) is 7.11 Å². The number of carbonyl (C=O) groups excluding carboxylic acids is 1. The van der Waals surface area contributed by atoms with Crippen molar-refractivity contribution in [1.82, 2.24) is 4.98 Å². The van der Waals surface area contributed by atoms with Crippen LogP contribution in [0.1, 0.15) is 35.0 Å². The van der Waals surface area contributed by atoms with Crippen LogP contribution in [0, 0.1) is 0 Å². The molecule has 5 nitrogen and oxygen atoms in total. The molecule has 0 fully saturated rings. The Kier molecular flexibility index (Phi) is 4.96. The zero-order valence-electron chi connectivity index (χ0n) is 10.1. The van der Waals surface area contributed by atoms with E-state index >= 15 is 0 Å². The molecule has 0 atom stereocenters. The van der Waals surface area contributed by atoms with Gasteiger partial charge in [-0.1, -0.05) is 0 Å². The van der Waals surface area contributed by atoms with E-state index in [2.05, 4.69) is 4.98 Å². The molecule has 1 heterocycles. The number of hydrogen-bond donors (Lipinski definition) is 1. The Labute approximate surface area is 103 Å². The highest BCUT2D eigenvalue weighted by molar-refractivity contribution is 5.91. The van der Waals surface area contributed by atoms with Gasteiger partial charge < -0.3 is 15.2 Å². The standard InChI is InChI=1S/C11H14F2N2O3/c1-3-18-11(16)6-4-8(17-2)15-7(5-14)9(6)10(12)13/h4,10H,3,5,14H2,1-2H3.